The number of aliphatic hydroxyl groups excluding tert-OH is 1. The quantitative estimate of drug-likeness (QED) is 0.798. The summed E-state index contributed by atoms with van der Waals surface area (Å²) in [6.45, 7) is 3.83. The highest BCUT2D eigenvalue weighted by Crippen LogP contribution is 2.32. The number of ether oxygens (including phenoxy) is 2. The predicted molar refractivity (Wildman–Crippen MR) is 66.3 cm³/mol. The molecule has 3 heteroatoms. The van der Waals surface area contributed by atoms with Crippen LogP contribution >= 0.6 is 0 Å². The van der Waals surface area contributed by atoms with Crippen molar-refractivity contribution in [3.05, 3.63) is 29.3 Å². The summed E-state index contributed by atoms with van der Waals surface area (Å²) >= 11 is 0. The van der Waals surface area contributed by atoms with Gasteiger partial charge in [0.25, 0.3) is 0 Å². The van der Waals surface area contributed by atoms with Gasteiger partial charge in [-0.2, -0.15) is 0 Å². The van der Waals surface area contributed by atoms with Gasteiger partial charge in [-0.25, -0.2) is 0 Å². The molecular weight excluding hydrogens is 216 g/mol. The summed E-state index contributed by atoms with van der Waals surface area (Å²) in [5, 5.41) is 10.1. The van der Waals surface area contributed by atoms with E-state index < -0.39 is 6.10 Å². The molecule has 0 aliphatic carbocycles. The fraction of sp³-hybridized carbons (Fsp3) is 0.571. The highest BCUT2D eigenvalue weighted by molar-refractivity contribution is 5.44. The van der Waals surface area contributed by atoms with Crippen LogP contribution in [0.15, 0.2) is 18.2 Å². The van der Waals surface area contributed by atoms with Crippen LogP contribution in [0.1, 0.15) is 37.0 Å². The van der Waals surface area contributed by atoms with E-state index in [0.29, 0.717) is 13.2 Å². The highest BCUT2D eigenvalue weighted by Gasteiger charge is 2.19. The van der Waals surface area contributed by atoms with E-state index >= 15 is 0 Å². The molecule has 1 aliphatic rings. The summed E-state index contributed by atoms with van der Waals surface area (Å²) in [7, 11) is 0. The van der Waals surface area contributed by atoms with Gasteiger partial charge in [-0.1, -0.05) is 25.1 Å². The number of hydrogen-bond acceptors (Lipinski definition) is 3. The fourth-order valence-corrected chi connectivity index (χ4v) is 2.11. The molecule has 0 amide bonds. The van der Waals surface area contributed by atoms with Crippen molar-refractivity contribution in [1.29, 1.82) is 0 Å². The maximum Gasteiger partial charge on any atom is 0.128 e. The van der Waals surface area contributed by atoms with Crippen LogP contribution in [0.4, 0.5) is 0 Å². The third-order valence-electron chi connectivity index (χ3n) is 2.95. The standard InChI is InChI=1S/C14H20O3/c1-2-8-16-10-13(15)12-7-3-5-11-6-4-9-17-14(11)12/h3,5,7,13,15H,2,4,6,8-10H2,1H3. The van der Waals surface area contributed by atoms with Crippen LogP contribution < -0.4 is 4.74 Å². The Morgan fingerprint density at radius 2 is 2.35 bits per heavy atom. The van der Waals surface area contributed by atoms with E-state index in [1.165, 1.54) is 5.56 Å². The molecule has 0 spiro atoms. The lowest BCUT2D eigenvalue weighted by Gasteiger charge is -2.22. The van der Waals surface area contributed by atoms with Gasteiger partial charge in [0.15, 0.2) is 0 Å². The molecule has 1 atom stereocenters. The van der Waals surface area contributed by atoms with Crippen molar-refractivity contribution in [2.45, 2.75) is 32.3 Å². The number of aliphatic hydroxyl groups is 1. The Morgan fingerprint density at radius 3 is 3.18 bits per heavy atom. The van der Waals surface area contributed by atoms with Gasteiger partial charge in [-0.05, 0) is 24.8 Å². The van der Waals surface area contributed by atoms with Crippen LogP contribution in [0, 0.1) is 0 Å². The first-order chi connectivity index (χ1) is 8.33. The summed E-state index contributed by atoms with van der Waals surface area (Å²) in [6, 6.07) is 5.97. The third-order valence-corrected chi connectivity index (χ3v) is 2.95. The minimum absolute atomic E-state index is 0.341. The van der Waals surface area contributed by atoms with Crippen molar-refractivity contribution in [1.82, 2.24) is 0 Å². The van der Waals surface area contributed by atoms with E-state index in [2.05, 4.69) is 13.0 Å². The van der Waals surface area contributed by atoms with E-state index in [0.717, 1.165) is 37.2 Å². The molecule has 0 saturated carbocycles. The first kappa shape index (κ1) is 12.4. The monoisotopic (exact) mass is 236 g/mol. The molecule has 0 aromatic heterocycles. The zero-order valence-corrected chi connectivity index (χ0v) is 10.3. The lowest BCUT2D eigenvalue weighted by atomic mass is 9.99. The molecule has 1 N–H and O–H groups in total. The number of benzene rings is 1. The molecule has 1 aromatic rings. The Balaban J connectivity index is 2.09. The largest absolute Gasteiger partial charge is 0.493 e. The molecule has 2 rings (SSSR count). The Hall–Kier alpha value is -1.06. The van der Waals surface area contributed by atoms with E-state index in [1.54, 1.807) is 0 Å². The average molecular weight is 236 g/mol. The van der Waals surface area contributed by atoms with Crippen molar-refractivity contribution in [2.75, 3.05) is 19.8 Å². The summed E-state index contributed by atoms with van der Waals surface area (Å²) in [5.41, 5.74) is 2.06. The second-order valence-corrected chi connectivity index (χ2v) is 4.38. The van der Waals surface area contributed by atoms with Gasteiger partial charge in [-0.15, -0.1) is 0 Å². The Labute approximate surface area is 102 Å². The minimum atomic E-state index is -0.588. The number of para-hydroxylation sites is 1. The normalized spacial score (nSPS) is 16.1. The van der Waals surface area contributed by atoms with E-state index in [4.69, 9.17) is 9.47 Å². The Morgan fingerprint density at radius 1 is 1.47 bits per heavy atom. The van der Waals surface area contributed by atoms with Crippen LogP contribution in [0.2, 0.25) is 0 Å². The molecule has 94 valence electrons. The minimum Gasteiger partial charge on any atom is -0.493 e. The lowest BCUT2D eigenvalue weighted by Crippen LogP contribution is -2.14. The van der Waals surface area contributed by atoms with Gasteiger partial charge in [-0.3, -0.25) is 0 Å². The van der Waals surface area contributed by atoms with Crippen LogP contribution in [0.3, 0.4) is 0 Å². The zero-order valence-electron chi connectivity index (χ0n) is 10.3. The number of hydrogen-bond donors (Lipinski definition) is 1. The number of aryl methyl sites for hydroxylation is 1. The van der Waals surface area contributed by atoms with Crippen molar-refractivity contribution < 1.29 is 14.6 Å². The van der Waals surface area contributed by atoms with Gasteiger partial charge >= 0.3 is 0 Å². The van der Waals surface area contributed by atoms with Crippen molar-refractivity contribution in [2.24, 2.45) is 0 Å². The second-order valence-electron chi connectivity index (χ2n) is 4.38. The van der Waals surface area contributed by atoms with Gasteiger partial charge in [0.1, 0.15) is 11.9 Å². The third kappa shape index (κ3) is 2.99. The summed E-state index contributed by atoms with van der Waals surface area (Å²) in [6.07, 6.45) is 2.47. The van der Waals surface area contributed by atoms with Gasteiger partial charge < -0.3 is 14.6 Å². The fourth-order valence-electron chi connectivity index (χ4n) is 2.11. The first-order valence-corrected chi connectivity index (χ1v) is 6.33. The van der Waals surface area contributed by atoms with Crippen LogP contribution in [0.25, 0.3) is 0 Å². The molecule has 1 aliphatic heterocycles. The second kappa shape index (κ2) is 6.03. The van der Waals surface area contributed by atoms with Crippen LogP contribution in [-0.2, 0) is 11.2 Å². The highest BCUT2D eigenvalue weighted by atomic mass is 16.5. The molecule has 1 unspecified atom stereocenters. The average Bonchev–Trinajstić information content (AvgIpc) is 2.38. The lowest BCUT2D eigenvalue weighted by molar-refractivity contribution is 0.0346. The van der Waals surface area contributed by atoms with Crippen LogP contribution in [0.5, 0.6) is 5.75 Å². The van der Waals surface area contributed by atoms with Gasteiger partial charge in [0.05, 0.1) is 13.2 Å². The molecule has 17 heavy (non-hydrogen) atoms. The first-order valence-electron chi connectivity index (χ1n) is 6.33. The van der Waals surface area contributed by atoms with Gasteiger partial charge in [0.2, 0.25) is 0 Å². The molecule has 0 saturated heterocycles. The van der Waals surface area contributed by atoms with E-state index in [1.807, 2.05) is 12.1 Å². The smallest absolute Gasteiger partial charge is 0.128 e. The topological polar surface area (TPSA) is 38.7 Å². The Kier molecular flexibility index (Phi) is 4.40. The summed E-state index contributed by atoms with van der Waals surface area (Å²) in [5.74, 6) is 0.867. The maximum absolute atomic E-state index is 10.1. The molecule has 3 nitrogen and oxygen atoms in total. The molecule has 0 fully saturated rings. The molecular formula is C14H20O3. The summed E-state index contributed by atoms with van der Waals surface area (Å²) < 4.78 is 11.1. The maximum atomic E-state index is 10.1. The van der Waals surface area contributed by atoms with Crippen molar-refractivity contribution in [3.63, 3.8) is 0 Å². The zero-order chi connectivity index (χ0) is 12.1. The SMILES string of the molecule is CCCOCC(O)c1cccc2c1OCCC2. The number of fused-ring (bicyclic) bond motifs is 1. The predicted octanol–water partition coefficient (Wildman–Crippen LogP) is 2.47. The van der Waals surface area contributed by atoms with Crippen molar-refractivity contribution >= 4 is 0 Å². The number of rotatable bonds is 5. The molecule has 1 heterocycles. The molecule has 1 aromatic carbocycles. The van der Waals surface area contributed by atoms with E-state index in [-0.39, 0.29) is 0 Å². The Bertz CT molecular complexity index is 362. The van der Waals surface area contributed by atoms with Crippen LogP contribution in [-0.4, -0.2) is 24.9 Å². The summed E-state index contributed by atoms with van der Waals surface area (Å²) in [4.78, 5) is 0. The van der Waals surface area contributed by atoms with Crippen molar-refractivity contribution in [3.8, 4) is 5.75 Å². The molecule has 0 radical (unpaired) electrons. The molecule has 0 bridgehead atoms. The van der Waals surface area contributed by atoms with Gasteiger partial charge in [0, 0.05) is 12.2 Å². The van der Waals surface area contributed by atoms with E-state index in [9.17, 15) is 5.11 Å².